The highest BCUT2D eigenvalue weighted by atomic mass is 32.1. The van der Waals surface area contributed by atoms with Gasteiger partial charge < -0.3 is 15.5 Å². The third kappa shape index (κ3) is 3.33. The SMILES string of the molecule is CC(=O)Nc1nc(CN2CCCNc3ccccc32)cs1. The van der Waals surface area contributed by atoms with Crippen molar-refractivity contribution >= 4 is 33.8 Å². The fourth-order valence-corrected chi connectivity index (χ4v) is 3.21. The lowest BCUT2D eigenvalue weighted by Gasteiger charge is -2.23. The van der Waals surface area contributed by atoms with Crippen LogP contribution in [0.25, 0.3) is 0 Å². The highest BCUT2D eigenvalue weighted by Gasteiger charge is 2.16. The minimum atomic E-state index is -0.0831. The highest BCUT2D eigenvalue weighted by Crippen LogP contribution is 2.29. The van der Waals surface area contributed by atoms with Gasteiger partial charge in [0.05, 0.1) is 23.6 Å². The molecule has 0 radical (unpaired) electrons. The molecule has 0 unspecified atom stereocenters. The van der Waals surface area contributed by atoms with Crippen molar-refractivity contribution in [3.8, 4) is 0 Å². The molecule has 6 heteroatoms. The van der Waals surface area contributed by atoms with Gasteiger partial charge in [-0.15, -0.1) is 11.3 Å². The summed E-state index contributed by atoms with van der Waals surface area (Å²) in [6.07, 6.45) is 1.09. The average Bonchev–Trinajstić information content (AvgIpc) is 2.78. The van der Waals surface area contributed by atoms with Gasteiger partial charge in [0.1, 0.15) is 0 Å². The third-order valence-corrected chi connectivity index (χ3v) is 4.16. The molecule has 2 aromatic rings. The molecular formula is C15H18N4OS. The van der Waals surface area contributed by atoms with Crippen molar-refractivity contribution in [2.75, 3.05) is 28.6 Å². The Labute approximate surface area is 128 Å². The fraction of sp³-hybridized carbons (Fsp3) is 0.333. The highest BCUT2D eigenvalue weighted by molar-refractivity contribution is 7.13. The molecule has 2 N–H and O–H groups in total. The van der Waals surface area contributed by atoms with E-state index in [1.807, 2.05) is 11.4 Å². The van der Waals surface area contributed by atoms with Crippen molar-refractivity contribution in [3.05, 3.63) is 35.3 Å². The van der Waals surface area contributed by atoms with E-state index in [1.54, 1.807) is 0 Å². The van der Waals surface area contributed by atoms with Crippen LogP contribution in [0.2, 0.25) is 0 Å². The van der Waals surface area contributed by atoms with Gasteiger partial charge in [-0.3, -0.25) is 4.79 Å². The van der Waals surface area contributed by atoms with Crippen molar-refractivity contribution < 1.29 is 4.79 Å². The zero-order valence-electron chi connectivity index (χ0n) is 11.9. The molecule has 0 saturated carbocycles. The van der Waals surface area contributed by atoms with E-state index in [1.165, 1.54) is 29.6 Å². The van der Waals surface area contributed by atoms with E-state index >= 15 is 0 Å². The number of carbonyl (C=O) groups is 1. The standard InChI is InChI=1S/C15H18N4OS/c1-11(20)17-15-18-12(10-21-15)9-19-8-4-7-16-13-5-2-3-6-14(13)19/h2-3,5-6,10,16H,4,7-9H2,1H3,(H,17,18,20). The number of para-hydroxylation sites is 2. The molecule has 1 amide bonds. The van der Waals surface area contributed by atoms with Crippen molar-refractivity contribution in [3.63, 3.8) is 0 Å². The van der Waals surface area contributed by atoms with E-state index in [-0.39, 0.29) is 5.91 Å². The van der Waals surface area contributed by atoms with Gasteiger partial charge >= 0.3 is 0 Å². The normalized spacial score (nSPS) is 14.0. The van der Waals surface area contributed by atoms with Crippen LogP contribution in [0.1, 0.15) is 19.0 Å². The lowest BCUT2D eigenvalue weighted by Crippen LogP contribution is -2.23. The summed E-state index contributed by atoms with van der Waals surface area (Å²) in [4.78, 5) is 17.9. The lowest BCUT2D eigenvalue weighted by atomic mass is 10.2. The number of amides is 1. The second-order valence-electron chi connectivity index (χ2n) is 5.04. The number of nitrogens with zero attached hydrogens (tertiary/aromatic N) is 2. The molecule has 1 aliphatic rings. The van der Waals surface area contributed by atoms with Crippen LogP contribution < -0.4 is 15.5 Å². The molecular weight excluding hydrogens is 284 g/mol. The van der Waals surface area contributed by atoms with Gasteiger partial charge in [0.15, 0.2) is 5.13 Å². The smallest absolute Gasteiger partial charge is 0.223 e. The first-order chi connectivity index (χ1) is 10.2. The number of aromatic nitrogens is 1. The van der Waals surface area contributed by atoms with E-state index in [9.17, 15) is 4.79 Å². The summed E-state index contributed by atoms with van der Waals surface area (Å²) in [6, 6.07) is 8.35. The van der Waals surface area contributed by atoms with Gasteiger partial charge in [-0.05, 0) is 18.6 Å². The van der Waals surface area contributed by atoms with Crippen molar-refractivity contribution in [2.24, 2.45) is 0 Å². The maximum atomic E-state index is 11.1. The van der Waals surface area contributed by atoms with E-state index in [4.69, 9.17) is 0 Å². The number of nitrogens with one attached hydrogen (secondary N) is 2. The van der Waals surface area contributed by atoms with Gasteiger partial charge in [0.25, 0.3) is 0 Å². The van der Waals surface area contributed by atoms with Gasteiger partial charge in [-0.1, -0.05) is 12.1 Å². The molecule has 5 nitrogen and oxygen atoms in total. The zero-order valence-corrected chi connectivity index (χ0v) is 12.7. The molecule has 21 heavy (non-hydrogen) atoms. The van der Waals surface area contributed by atoms with Crippen LogP contribution in [0.5, 0.6) is 0 Å². The molecule has 0 bridgehead atoms. The molecule has 0 fully saturated rings. The summed E-state index contributed by atoms with van der Waals surface area (Å²) in [6.45, 7) is 4.24. The summed E-state index contributed by atoms with van der Waals surface area (Å²) in [7, 11) is 0. The fourth-order valence-electron chi connectivity index (χ4n) is 2.46. The van der Waals surface area contributed by atoms with Gasteiger partial charge in [-0.2, -0.15) is 0 Å². The molecule has 3 rings (SSSR count). The van der Waals surface area contributed by atoms with E-state index in [2.05, 4.69) is 38.7 Å². The summed E-state index contributed by atoms with van der Waals surface area (Å²) in [5.41, 5.74) is 3.37. The number of carbonyl (C=O) groups excluding carboxylic acids is 1. The largest absolute Gasteiger partial charge is 0.383 e. The average molecular weight is 302 g/mol. The minimum absolute atomic E-state index is 0.0831. The van der Waals surface area contributed by atoms with E-state index in [0.717, 1.165) is 31.7 Å². The number of anilines is 3. The topological polar surface area (TPSA) is 57.3 Å². The number of rotatable bonds is 3. The Bertz CT molecular complexity index is 640. The first kappa shape index (κ1) is 13.9. The number of benzene rings is 1. The van der Waals surface area contributed by atoms with Crippen molar-refractivity contribution in [1.29, 1.82) is 0 Å². The molecule has 2 heterocycles. The first-order valence-electron chi connectivity index (χ1n) is 7.02. The van der Waals surface area contributed by atoms with Crippen LogP contribution >= 0.6 is 11.3 Å². The van der Waals surface area contributed by atoms with E-state index in [0.29, 0.717) is 5.13 Å². The Balaban J connectivity index is 1.78. The minimum Gasteiger partial charge on any atom is -0.383 e. The van der Waals surface area contributed by atoms with Gasteiger partial charge in [0, 0.05) is 25.4 Å². The molecule has 0 atom stereocenters. The number of hydrogen-bond donors (Lipinski definition) is 2. The van der Waals surface area contributed by atoms with Crippen LogP contribution in [-0.4, -0.2) is 24.0 Å². The van der Waals surface area contributed by atoms with Gasteiger partial charge in [-0.25, -0.2) is 4.98 Å². The predicted molar refractivity (Wildman–Crippen MR) is 87.0 cm³/mol. The second kappa shape index (κ2) is 6.13. The van der Waals surface area contributed by atoms with Crippen LogP contribution in [-0.2, 0) is 11.3 Å². The monoisotopic (exact) mass is 302 g/mol. The summed E-state index contributed by atoms with van der Waals surface area (Å²) in [5, 5.41) is 8.86. The Kier molecular flexibility index (Phi) is 4.06. The Morgan fingerprint density at radius 2 is 2.33 bits per heavy atom. The van der Waals surface area contributed by atoms with Crippen LogP contribution in [0.3, 0.4) is 0 Å². The van der Waals surface area contributed by atoms with Crippen LogP contribution in [0.4, 0.5) is 16.5 Å². The number of hydrogen-bond acceptors (Lipinski definition) is 5. The maximum Gasteiger partial charge on any atom is 0.223 e. The van der Waals surface area contributed by atoms with Crippen molar-refractivity contribution in [2.45, 2.75) is 19.9 Å². The second-order valence-corrected chi connectivity index (χ2v) is 5.90. The summed E-state index contributed by atoms with van der Waals surface area (Å²) >= 11 is 1.47. The molecule has 1 aromatic heterocycles. The van der Waals surface area contributed by atoms with Gasteiger partial charge in [0.2, 0.25) is 5.91 Å². The zero-order chi connectivity index (χ0) is 14.7. The number of thiazole rings is 1. The molecule has 0 spiro atoms. The van der Waals surface area contributed by atoms with Crippen LogP contribution in [0.15, 0.2) is 29.6 Å². The third-order valence-electron chi connectivity index (χ3n) is 3.35. The molecule has 1 aromatic carbocycles. The number of fused-ring (bicyclic) bond motifs is 1. The van der Waals surface area contributed by atoms with Crippen molar-refractivity contribution in [1.82, 2.24) is 4.98 Å². The lowest BCUT2D eigenvalue weighted by molar-refractivity contribution is -0.114. The molecule has 1 aliphatic heterocycles. The predicted octanol–water partition coefficient (Wildman–Crippen LogP) is 2.92. The quantitative estimate of drug-likeness (QED) is 0.915. The van der Waals surface area contributed by atoms with Crippen LogP contribution in [0, 0.1) is 0 Å². The molecule has 110 valence electrons. The molecule has 0 saturated heterocycles. The Morgan fingerprint density at radius 3 is 3.19 bits per heavy atom. The first-order valence-corrected chi connectivity index (χ1v) is 7.90. The summed E-state index contributed by atoms with van der Waals surface area (Å²) < 4.78 is 0. The van der Waals surface area contributed by atoms with E-state index < -0.39 is 0 Å². The molecule has 0 aliphatic carbocycles. The summed E-state index contributed by atoms with van der Waals surface area (Å²) in [5.74, 6) is -0.0831. The Hall–Kier alpha value is -2.08. The Morgan fingerprint density at radius 1 is 1.48 bits per heavy atom. The maximum absolute atomic E-state index is 11.1.